The fourth-order valence-electron chi connectivity index (χ4n) is 2.27. The Morgan fingerprint density at radius 1 is 0.850 bits per heavy atom. The molecule has 0 spiro atoms. The van der Waals surface area contributed by atoms with Crippen LogP contribution in [0.3, 0.4) is 0 Å². The molecule has 0 aliphatic heterocycles. The third-order valence-corrected chi connectivity index (χ3v) is 3.67. The average molecular weight is 278 g/mol. The third-order valence-electron chi connectivity index (χ3n) is 3.29. The van der Waals surface area contributed by atoms with E-state index in [1.54, 1.807) is 6.20 Å². The predicted octanol–water partition coefficient (Wildman–Crippen LogP) is 4.48. The van der Waals surface area contributed by atoms with Crippen molar-refractivity contribution >= 4 is 12.2 Å². The maximum Gasteiger partial charge on any atom is 0.124 e. The summed E-state index contributed by atoms with van der Waals surface area (Å²) in [7, 11) is 1.98. The standard InChI is InChI=1S/C17H14N2S/c1-19-15(20)12-18-16(13-8-4-2-5-9-13)17(19)14-10-6-3-7-11-14/h2-12H,1H3. The molecule has 3 aromatic rings. The summed E-state index contributed by atoms with van der Waals surface area (Å²) < 4.78 is 2.74. The van der Waals surface area contributed by atoms with Crippen LogP contribution in [0.2, 0.25) is 0 Å². The SMILES string of the molecule is Cn1c(-c2ccccc2)c(-c2ccccc2)ncc1=S. The molecular formula is C17H14N2S. The fourth-order valence-corrected chi connectivity index (χ4v) is 2.41. The lowest BCUT2D eigenvalue weighted by atomic mass is 10.0. The Morgan fingerprint density at radius 2 is 1.40 bits per heavy atom. The second kappa shape index (κ2) is 5.39. The number of rotatable bonds is 2. The van der Waals surface area contributed by atoms with Crippen LogP contribution < -0.4 is 0 Å². The topological polar surface area (TPSA) is 17.8 Å². The molecule has 1 aromatic heterocycles. The summed E-state index contributed by atoms with van der Waals surface area (Å²) in [5.41, 5.74) is 4.21. The van der Waals surface area contributed by atoms with Crippen molar-refractivity contribution < 1.29 is 0 Å². The molecule has 2 aromatic carbocycles. The molecule has 2 nitrogen and oxygen atoms in total. The van der Waals surface area contributed by atoms with Crippen molar-refractivity contribution in [3.8, 4) is 22.5 Å². The van der Waals surface area contributed by atoms with Crippen LogP contribution in [-0.2, 0) is 7.05 Å². The van der Waals surface area contributed by atoms with Crippen molar-refractivity contribution in [2.75, 3.05) is 0 Å². The highest BCUT2D eigenvalue weighted by Gasteiger charge is 2.11. The molecule has 0 fully saturated rings. The molecule has 0 unspecified atom stereocenters. The van der Waals surface area contributed by atoms with Gasteiger partial charge in [-0.1, -0.05) is 72.9 Å². The first-order chi connectivity index (χ1) is 9.77. The zero-order chi connectivity index (χ0) is 13.9. The largest absolute Gasteiger partial charge is 0.332 e. The van der Waals surface area contributed by atoms with Gasteiger partial charge in [-0.15, -0.1) is 0 Å². The second-order valence-electron chi connectivity index (χ2n) is 4.58. The number of benzene rings is 2. The highest BCUT2D eigenvalue weighted by molar-refractivity contribution is 7.71. The number of aromatic nitrogens is 2. The first-order valence-electron chi connectivity index (χ1n) is 6.44. The minimum atomic E-state index is 0.725. The maximum absolute atomic E-state index is 5.35. The molecule has 0 aliphatic carbocycles. The lowest BCUT2D eigenvalue weighted by Crippen LogP contribution is -2.02. The summed E-state index contributed by atoms with van der Waals surface area (Å²) in [5.74, 6) is 0. The van der Waals surface area contributed by atoms with E-state index in [4.69, 9.17) is 12.2 Å². The van der Waals surface area contributed by atoms with Crippen LogP contribution >= 0.6 is 12.2 Å². The van der Waals surface area contributed by atoms with Crippen LogP contribution in [0.25, 0.3) is 22.5 Å². The van der Waals surface area contributed by atoms with Gasteiger partial charge in [-0.3, -0.25) is 4.98 Å². The molecule has 0 aliphatic rings. The van der Waals surface area contributed by atoms with Gasteiger partial charge in [0.05, 0.1) is 17.6 Å². The third kappa shape index (κ3) is 2.28. The Kier molecular flexibility index (Phi) is 3.44. The van der Waals surface area contributed by atoms with E-state index >= 15 is 0 Å². The summed E-state index contributed by atoms with van der Waals surface area (Å²) in [6.07, 6.45) is 1.74. The predicted molar refractivity (Wildman–Crippen MR) is 84.9 cm³/mol. The van der Waals surface area contributed by atoms with E-state index in [9.17, 15) is 0 Å². The van der Waals surface area contributed by atoms with E-state index in [2.05, 4.69) is 29.2 Å². The Balaban J connectivity index is 2.32. The van der Waals surface area contributed by atoms with E-state index in [0.717, 1.165) is 27.2 Å². The van der Waals surface area contributed by atoms with Gasteiger partial charge in [0.15, 0.2) is 0 Å². The van der Waals surface area contributed by atoms with Crippen LogP contribution in [0.1, 0.15) is 0 Å². The molecule has 0 amide bonds. The Hall–Kier alpha value is -2.26. The van der Waals surface area contributed by atoms with Gasteiger partial charge in [-0.05, 0) is 0 Å². The van der Waals surface area contributed by atoms with Crippen LogP contribution in [-0.4, -0.2) is 9.55 Å². The van der Waals surface area contributed by atoms with Gasteiger partial charge < -0.3 is 4.57 Å². The number of hydrogen-bond acceptors (Lipinski definition) is 2. The lowest BCUT2D eigenvalue weighted by molar-refractivity contribution is 0.882. The van der Waals surface area contributed by atoms with E-state index in [-0.39, 0.29) is 0 Å². The summed E-state index contributed by atoms with van der Waals surface area (Å²) in [6.45, 7) is 0. The smallest absolute Gasteiger partial charge is 0.124 e. The van der Waals surface area contributed by atoms with E-state index in [1.807, 2.05) is 48.0 Å². The molecule has 0 atom stereocenters. The maximum atomic E-state index is 5.35. The summed E-state index contributed by atoms with van der Waals surface area (Å²) in [4.78, 5) is 4.56. The minimum Gasteiger partial charge on any atom is -0.332 e. The zero-order valence-electron chi connectivity index (χ0n) is 11.2. The average Bonchev–Trinajstić information content (AvgIpc) is 2.51. The molecule has 0 bridgehead atoms. The molecule has 98 valence electrons. The molecular weight excluding hydrogens is 264 g/mol. The molecule has 0 N–H and O–H groups in total. The van der Waals surface area contributed by atoms with Gasteiger partial charge in [0.1, 0.15) is 4.64 Å². The second-order valence-corrected chi connectivity index (χ2v) is 5.00. The number of nitrogens with zero attached hydrogens (tertiary/aromatic N) is 2. The van der Waals surface area contributed by atoms with Gasteiger partial charge in [0, 0.05) is 18.2 Å². The minimum absolute atomic E-state index is 0.725. The molecule has 0 radical (unpaired) electrons. The van der Waals surface area contributed by atoms with E-state index < -0.39 is 0 Å². The molecule has 3 heteroatoms. The van der Waals surface area contributed by atoms with Crippen molar-refractivity contribution in [2.24, 2.45) is 7.05 Å². The van der Waals surface area contributed by atoms with Crippen molar-refractivity contribution in [1.29, 1.82) is 0 Å². The van der Waals surface area contributed by atoms with Gasteiger partial charge in [-0.2, -0.15) is 0 Å². The number of hydrogen-bond donors (Lipinski definition) is 0. The highest BCUT2D eigenvalue weighted by atomic mass is 32.1. The normalized spacial score (nSPS) is 10.4. The van der Waals surface area contributed by atoms with Gasteiger partial charge >= 0.3 is 0 Å². The van der Waals surface area contributed by atoms with Crippen LogP contribution in [0.15, 0.2) is 66.9 Å². The van der Waals surface area contributed by atoms with Crippen LogP contribution in [0.4, 0.5) is 0 Å². The van der Waals surface area contributed by atoms with Gasteiger partial charge in [0.2, 0.25) is 0 Å². The van der Waals surface area contributed by atoms with Crippen molar-refractivity contribution in [3.63, 3.8) is 0 Å². The summed E-state index contributed by atoms with van der Waals surface area (Å²) >= 11 is 5.35. The molecule has 1 heterocycles. The monoisotopic (exact) mass is 278 g/mol. The van der Waals surface area contributed by atoms with Crippen LogP contribution in [0.5, 0.6) is 0 Å². The molecule has 3 rings (SSSR count). The summed E-state index contributed by atoms with van der Waals surface area (Å²) in [5, 5.41) is 0. The Morgan fingerprint density at radius 3 is 2.00 bits per heavy atom. The lowest BCUT2D eigenvalue weighted by Gasteiger charge is -2.14. The van der Waals surface area contributed by atoms with Gasteiger partial charge in [0.25, 0.3) is 0 Å². The van der Waals surface area contributed by atoms with Crippen molar-refractivity contribution in [2.45, 2.75) is 0 Å². The zero-order valence-corrected chi connectivity index (χ0v) is 12.0. The summed E-state index contributed by atoms with van der Waals surface area (Å²) in [6, 6.07) is 20.4. The Labute approximate surface area is 123 Å². The highest BCUT2D eigenvalue weighted by Crippen LogP contribution is 2.29. The Bertz CT molecular complexity index is 777. The quantitative estimate of drug-likeness (QED) is 0.643. The first-order valence-corrected chi connectivity index (χ1v) is 6.85. The van der Waals surface area contributed by atoms with Gasteiger partial charge in [-0.25, -0.2) is 0 Å². The molecule has 0 saturated carbocycles. The molecule has 20 heavy (non-hydrogen) atoms. The van der Waals surface area contributed by atoms with Crippen molar-refractivity contribution in [1.82, 2.24) is 9.55 Å². The van der Waals surface area contributed by atoms with Crippen LogP contribution in [0, 0.1) is 4.64 Å². The first kappa shape index (κ1) is 12.8. The molecule has 0 saturated heterocycles. The van der Waals surface area contributed by atoms with E-state index in [0.29, 0.717) is 0 Å². The van der Waals surface area contributed by atoms with Crippen molar-refractivity contribution in [3.05, 3.63) is 71.5 Å². The van der Waals surface area contributed by atoms with E-state index in [1.165, 1.54) is 0 Å². The fraction of sp³-hybridized carbons (Fsp3) is 0.0588.